The fraction of sp³-hybridized carbons (Fsp3) is 0.462. The zero-order valence-electron chi connectivity index (χ0n) is 11.8. The lowest BCUT2D eigenvalue weighted by Crippen LogP contribution is -2.52. The number of hydrogen-bond donors (Lipinski definition) is 1. The van der Waals surface area contributed by atoms with Crippen LogP contribution in [0.25, 0.3) is 0 Å². The molecule has 8 heteroatoms. The standard InChI is InChI=1S/C13H17NO6S/c1-9-3-4-11(19-2)12(7-9)21(17,18)14-5-6-20-8-10(14)13(15)16/h3-4,7,10H,5-6,8H2,1-2H3,(H,15,16). The highest BCUT2D eigenvalue weighted by Gasteiger charge is 2.39. The molecule has 21 heavy (non-hydrogen) atoms. The van der Waals surface area contributed by atoms with Gasteiger partial charge in [0.15, 0.2) is 0 Å². The van der Waals surface area contributed by atoms with E-state index >= 15 is 0 Å². The molecule has 7 nitrogen and oxygen atoms in total. The molecule has 1 fully saturated rings. The smallest absolute Gasteiger partial charge is 0.324 e. The summed E-state index contributed by atoms with van der Waals surface area (Å²) in [5.41, 5.74) is 0.745. The van der Waals surface area contributed by atoms with Crippen LogP contribution in [-0.2, 0) is 19.6 Å². The molecule has 1 N–H and O–H groups in total. The molecule has 0 radical (unpaired) electrons. The number of carbonyl (C=O) groups is 1. The SMILES string of the molecule is COc1ccc(C)cc1S(=O)(=O)N1CCOCC1C(=O)O. The Balaban J connectivity index is 2.50. The minimum absolute atomic E-state index is 0.00358. The first-order valence-electron chi connectivity index (χ1n) is 6.35. The van der Waals surface area contributed by atoms with Crippen molar-refractivity contribution in [1.82, 2.24) is 4.31 Å². The summed E-state index contributed by atoms with van der Waals surface area (Å²) in [5, 5.41) is 9.18. The molecule has 1 aromatic rings. The van der Waals surface area contributed by atoms with Crippen molar-refractivity contribution in [3.63, 3.8) is 0 Å². The van der Waals surface area contributed by atoms with Crippen LogP contribution < -0.4 is 4.74 Å². The second-order valence-electron chi connectivity index (χ2n) is 4.70. The highest BCUT2D eigenvalue weighted by Crippen LogP contribution is 2.29. The zero-order valence-corrected chi connectivity index (χ0v) is 12.6. The fourth-order valence-electron chi connectivity index (χ4n) is 2.18. The minimum atomic E-state index is -3.97. The maximum Gasteiger partial charge on any atom is 0.324 e. The molecule has 116 valence electrons. The number of nitrogens with zero attached hydrogens (tertiary/aromatic N) is 1. The van der Waals surface area contributed by atoms with Crippen molar-refractivity contribution in [2.75, 3.05) is 26.9 Å². The molecule has 1 saturated heterocycles. The number of hydrogen-bond acceptors (Lipinski definition) is 5. The molecule has 1 aliphatic heterocycles. The van der Waals surface area contributed by atoms with E-state index in [2.05, 4.69) is 0 Å². The number of morpholine rings is 1. The molecule has 0 aliphatic carbocycles. The van der Waals surface area contributed by atoms with E-state index in [1.54, 1.807) is 19.1 Å². The number of aryl methyl sites for hydroxylation is 1. The largest absolute Gasteiger partial charge is 0.495 e. The van der Waals surface area contributed by atoms with Gasteiger partial charge >= 0.3 is 5.97 Å². The number of sulfonamides is 1. The average Bonchev–Trinajstić information content (AvgIpc) is 2.47. The van der Waals surface area contributed by atoms with Gasteiger partial charge in [-0.3, -0.25) is 4.79 Å². The second kappa shape index (κ2) is 6.00. The summed E-state index contributed by atoms with van der Waals surface area (Å²) in [6, 6.07) is 3.53. The number of carboxylic acids is 1. The van der Waals surface area contributed by atoms with E-state index in [4.69, 9.17) is 9.47 Å². The predicted octanol–water partition coefficient (Wildman–Crippen LogP) is 0.478. The monoisotopic (exact) mass is 315 g/mol. The van der Waals surface area contributed by atoms with Gasteiger partial charge in [0.1, 0.15) is 16.7 Å². The van der Waals surface area contributed by atoms with E-state index in [-0.39, 0.29) is 30.4 Å². The van der Waals surface area contributed by atoms with Crippen molar-refractivity contribution in [3.05, 3.63) is 23.8 Å². The first-order chi connectivity index (χ1) is 9.87. The molecule has 2 rings (SSSR count). The Kier molecular flexibility index (Phi) is 4.50. The number of aliphatic carboxylic acids is 1. The minimum Gasteiger partial charge on any atom is -0.495 e. The van der Waals surface area contributed by atoms with Crippen LogP contribution >= 0.6 is 0 Å². The summed E-state index contributed by atoms with van der Waals surface area (Å²) >= 11 is 0. The lowest BCUT2D eigenvalue weighted by Gasteiger charge is -2.32. The third-order valence-corrected chi connectivity index (χ3v) is 5.20. The fourth-order valence-corrected chi connectivity index (χ4v) is 3.98. The van der Waals surface area contributed by atoms with Crippen LogP contribution in [0.5, 0.6) is 5.75 Å². The van der Waals surface area contributed by atoms with Crippen LogP contribution in [0.15, 0.2) is 23.1 Å². The van der Waals surface area contributed by atoms with Crippen molar-refractivity contribution in [1.29, 1.82) is 0 Å². The Bertz CT molecular complexity index is 642. The lowest BCUT2D eigenvalue weighted by atomic mass is 10.2. The zero-order chi connectivity index (χ0) is 15.6. The molecule has 0 saturated carbocycles. The summed E-state index contributed by atoms with van der Waals surface area (Å²) in [4.78, 5) is 11.2. The van der Waals surface area contributed by atoms with Crippen LogP contribution in [0.1, 0.15) is 5.56 Å². The summed E-state index contributed by atoms with van der Waals surface area (Å²) < 4.78 is 36.6. The summed E-state index contributed by atoms with van der Waals surface area (Å²) in [6.07, 6.45) is 0. The van der Waals surface area contributed by atoms with Crippen molar-refractivity contribution < 1.29 is 27.8 Å². The topological polar surface area (TPSA) is 93.1 Å². The van der Waals surface area contributed by atoms with E-state index in [0.717, 1.165) is 9.87 Å². The van der Waals surface area contributed by atoms with Gasteiger partial charge in [0.25, 0.3) is 0 Å². The third kappa shape index (κ3) is 3.02. The quantitative estimate of drug-likeness (QED) is 0.868. The number of carboxylic acid groups (broad SMARTS) is 1. The Hall–Kier alpha value is -1.64. The number of rotatable bonds is 4. The molecule has 1 aromatic carbocycles. The average molecular weight is 315 g/mol. The van der Waals surface area contributed by atoms with Gasteiger partial charge in [0.05, 0.1) is 20.3 Å². The van der Waals surface area contributed by atoms with Crippen LogP contribution in [0, 0.1) is 6.92 Å². The molecule has 1 aliphatic rings. The van der Waals surface area contributed by atoms with Gasteiger partial charge in [0.2, 0.25) is 10.0 Å². The first kappa shape index (κ1) is 15.7. The molecule has 1 atom stereocenters. The predicted molar refractivity (Wildman–Crippen MR) is 73.9 cm³/mol. The van der Waals surface area contributed by atoms with Gasteiger partial charge in [-0.1, -0.05) is 6.07 Å². The van der Waals surface area contributed by atoms with Gasteiger partial charge in [-0.05, 0) is 24.6 Å². The molecular weight excluding hydrogens is 298 g/mol. The third-order valence-electron chi connectivity index (χ3n) is 3.27. The van der Waals surface area contributed by atoms with E-state index in [0.29, 0.717) is 0 Å². The van der Waals surface area contributed by atoms with Crippen LogP contribution in [-0.4, -0.2) is 56.7 Å². The molecule has 1 unspecified atom stereocenters. The summed E-state index contributed by atoms with van der Waals surface area (Å²) in [5.74, 6) is -1.04. The molecule has 0 amide bonds. The molecule has 0 aromatic heterocycles. The first-order valence-corrected chi connectivity index (χ1v) is 7.79. The molecule has 1 heterocycles. The summed E-state index contributed by atoms with van der Waals surface area (Å²) in [7, 11) is -2.60. The van der Waals surface area contributed by atoms with Gasteiger partial charge in [-0.25, -0.2) is 8.42 Å². The maximum atomic E-state index is 12.8. The van der Waals surface area contributed by atoms with Crippen molar-refractivity contribution in [2.24, 2.45) is 0 Å². The van der Waals surface area contributed by atoms with E-state index < -0.39 is 22.0 Å². The van der Waals surface area contributed by atoms with E-state index in [9.17, 15) is 18.3 Å². The second-order valence-corrected chi connectivity index (χ2v) is 6.56. The van der Waals surface area contributed by atoms with Gasteiger partial charge in [-0.15, -0.1) is 0 Å². The van der Waals surface area contributed by atoms with Crippen LogP contribution in [0.3, 0.4) is 0 Å². The van der Waals surface area contributed by atoms with Crippen LogP contribution in [0.2, 0.25) is 0 Å². The highest BCUT2D eigenvalue weighted by atomic mass is 32.2. The Morgan fingerprint density at radius 1 is 1.48 bits per heavy atom. The molecule has 0 spiro atoms. The Morgan fingerprint density at radius 3 is 2.81 bits per heavy atom. The van der Waals surface area contributed by atoms with Gasteiger partial charge < -0.3 is 14.6 Å². The van der Waals surface area contributed by atoms with E-state index in [1.807, 2.05) is 0 Å². The number of methoxy groups -OCH3 is 1. The molecular formula is C13H17NO6S. The summed E-state index contributed by atoms with van der Waals surface area (Å²) in [6.45, 7) is 1.75. The van der Waals surface area contributed by atoms with E-state index in [1.165, 1.54) is 13.2 Å². The normalized spacial score (nSPS) is 20.2. The number of ether oxygens (including phenoxy) is 2. The maximum absolute atomic E-state index is 12.8. The van der Waals surface area contributed by atoms with Gasteiger partial charge in [0, 0.05) is 6.54 Å². The van der Waals surface area contributed by atoms with Crippen molar-refractivity contribution in [2.45, 2.75) is 17.9 Å². The number of benzene rings is 1. The Labute approximate surface area is 123 Å². The highest BCUT2D eigenvalue weighted by molar-refractivity contribution is 7.89. The van der Waals surface area contributed by atoms with Gasteiger partial charge in [-0.2, -0.15) is 4.31 Å². The van der Waals surface area contributed by atoms with Crippen molar-refractivity contribution >= 4 is 16.0 Å². The Morgan fingerprint density at radius 2 is 2.19 bits per heavy atom. The lowest BCUT2D eigenvalue weighted by molar-refractivity contribution is -0.146. The van der Waals surface area contributed by atoms with Crippen molar-refractivity contribution in [3.8, 4) is 5.75 Å². The molecule has 0 bridgehead atoms. The van der Waals surface area contributed by atoms with Crippen LogP contribution in [0.4, 0.5) is 0 Å².